The Bertz CT molecular complexity index is 614. The van der Waals surface area contributed by atoms with E-state index in [4.69, 9.17) is 16.7 Å². The van der Waals surface area contributed by atoms with Crippen LogP contribution < -0.4 is 11.5 Å². The molecule has 7 heteroatoms. The van der Waals surface area contributed by atoms with Crippen LogP contribution in [0.25, 0.3) is 0 Å². The minimum atomic E-state index is 0.304. The van der Waals surface area contributed by atoms with Crippen LogP contribution in [-0.4, -0.2) is 15.0 Å². The van der Waals surface area contributed by atoms with Crippen LogP contribution in [0.4, 0.5) is 11.6 Å². The number of nitriles is 1. The Kier molecular flexibility index (Phi) is 3.30. The molecule has 0 aliphatic rings. The van der Waals surface area contributed by atoms with Gasteiger partial charge in [-0.1, -0.05) is 0 Å². The van der Waals surface area contributed by atoms with Crippen LogP contribution in [0.2, 0.25) is 0 Å². The number of hydrogen-bond acceptors (Lipinski definition) is 7. The van der Waals surface area contributed by atoms with E-state index in [1.807, 2.05) is 6.92 Å². The number of nitrogens with zero attached hydrogens (tertiary/aromatic N) is 4. The van der Waals surface area contributed by atoms with Crippen molar-refractivity contribution in [1.82, 2.24) is 15.0 Å². The van der Waals surface area contributed by atoms with Gasteiger partial charge in [0, 0.05) is 11.8 Å². The summed E-state index contributed by atoms with van der Waals surface area (Å²) in [6.07, 6.45) is 0. The quantitative estimate of drug-likeness (QED) is 0.781. The predicted molar refractivity (Wildman–Crippen MR) is 68.7 cm³/mol. The molecule has 4 N–H and O–H groups in total. The van der Waals surface area contributed by atoms with E-state index in [1.165, 1.54) is 17.8 Å². The van der Waals surface area contributed by atoms with Gasteiger partial charge in [0.05, 0.1) is 11.6 Å². The van der Waals surface area contributed by atoms with Crippen molar-refractivity contribution in [1.29, 1.82) is 5.26 Å². The Morgan fingerprint density at radius 2 is 1.78 bits per heavy atom. The molecule has 0 radical (unpaired) electrons. The van der Waals surface area contributed by atoms with E-state index < -0.39 is 0 Å². The fraction of sp³-hybridized carbons (Fsp3) is 0.0909. The highest BCUT2D eigenvalue weighted by Gasteiger charge is 2.06. The van der Waals surface area contributed by atoms with Gasteiger partial charge >= 0.3 is 0 Å². The van der Waals surface area contributed by atoms with Gasteiger partial charge in [0.1, 0.15) is 16.7 Å². The largest absolute Gasteiger partial charge is 0.383 e. The highest BCUT2D eigenvalue weighted by atomic mass is 32.2. The molecule has 90 valence electrons. The Labute approximate surface area is 108 Å². The number of anilines is 2. The first-order chi connectivity index (χ1) is 8.56. The average molecular weight is 258 g/mol. The summed E-state index contributed by atoms with van der Waals surface area (Å²) in [5, 5.41) is 9.93. The van der Waals surface area contributed by atoms with Crippen LogP contribution in [0.3, 0.4) is 0 Å². The Morgan fingerprint density at radius 1 is 1.11 bits per heavy atom. The summed E-state index contributed by atoms with van der Waals surface area (Å²) in [6.45, 7) is 1.82. The van der Waals surface area contributed by atoms with Crippen molar-refractivity contribution in [3.8, 4) is 6.07 Å². The van der Waals surface area contributed by atoms with Crippen molar-refractivity contribution in [2.45, 2.75) is 17.1 Å². The lowest BCUT2D eigenvalue weighted by Gasteiger charge is -2.03. The fourth-order valence-corrected chi connectivity index (χ4v) is 2.22. The van der Waals surface area contributed by atoms with E-state index in [0.29, 0.717) is 27.4 Å². The minimum Gasteiger partial charge on any atom is -0.383 e. The molecule has 0 saturated heterocycles. The van der Waals surface area contributed by atoms with Crippen molar-refractivity contribution in [2.24, 2.45) is 0 Å². The number of rotatable bonds is 2. The van der Waals surface area contributed by atoms with Gasteiger partial charge in [0.15, 0.2) is 5.16 Å². The smallest absolute Gasteiger partial charge is 0.197 e. The second kappa shape index (κ2) is 4.89. The molecule has 0 bridgehead atoms. The van der Waals surface area contributed by atoms with Crippen molar-refractivity contribution in [3.05, 3.63) is 29.5 Å². The van der Waals surface area contributed by atoms with E-state index in [-0.39, 0.29) is 0 Å². The maximum Gasteiger partial charge on any atom is 0.197 e. The molecular formula is C11H10N6S. The predicted octanol–water partition coefficient (Wildman–Crippen LogP) is 1.37. The number of nitrogens with two attached hydrogens (primary N) is 2. The second-order valence-electron chi connectivity index (χ2n) is 3.55. The van der Waals surface area contributed by atoms with Crippen molar-refractivity contribution in [2.75, 3.05) is 11.5 Å². The first-order valence-electron chi connectivity index (χ1n) is 5.03. The van der Waals surface area contributed by atoms with E-state index in [2.05, 4.69) is 21.0 Å². The lowest BCUT2D eigenvalue weighted by Crippen LogP contribution is -1.99. The zero-order valence-electron chi connectivity index (χ0n) is 9.58. The first kappa shape index (κ1) is 12.1. The van der Waals surface area contributed by atoms with Gasteiger partial charge in [-0.2, -0.15) is 5.26 Å². The molecule has 0 fully saturated rings. The molecule has 2 aromatic rings. The van der Waals surface area contributed by atoms with Crippen LogP contribution in [-0.2, 0) is 0 Å². The topological polar surface area (TPSA) is 114 Å². The molecule has 0 aliphatic carbocycles. The van der Waals surface area contributed by atoms with Gasteiger partial charge in [0.2, 0.25) is 0 Å². The Hall–Kier alpha value is -2.33. The van der Waals surface area contributed by atoms with Gasteiger partial charge in [-0.15, -0.1) is 0 Å². The van der Waals surface area contributed by atoms with Gasteiger partial charge in [-0.05, 0) is 30.8 Å². The molecule has 0 saturated carbocycles. The molecule has 0 spiro atoms. The van der Waals surface area contributed by atoms with Crippen LogP contribution in [0.15, 0.2) is 28.4 Å². The molecule has 0 aliphatic heterocycles. The number of hydrogen-bond donors (Lipinski definition) is 2. The normalized spacial score (nSPS) is 10.0. The summed E-state index contributed by atoms with van der Waals surface area (Å²) >= 11 is 1.22. The summed E-state index contributed by atoms with van der Waals surface area (Å²) < 4.78 is 0. The third-order valence-electron chi connectivity index (χ3n) is 2.00. The highest BCUT2D eigenvalue weighted by molar-refractivity contribution is 7.99. The van der Waals surface area contributed by atoms with E-state index >= 15 is 0 Å². The summed E-state index contributed by atoms with van der Waals surface area (Å²) in [6, 6.07) is 6.93. The summed E-state index contributed by atoms with van der Waals surface area (Å²) in [5.41, 5.74) is 12.5. The standard InChI is InChI=1S/C11H10N6S/c1-6-2-7(5-12)3-10(15-6)18-11-16-8(13)4-9(14)17-11/h2-4H,1H3,(H4,13,14,16,17). The molecular weight excluding hydrogens is 248 g/mol. The van der Waals surface area contributed by atoms with Crippen LogP contribution in [0.1, 0.15) is 11.3 Å². The van der Waals surface area contributed by atoms with Gasteiger partial charge in [0.25, 0.3) is 0 Å². The molecule has 0 aromatic carbocycles. The lowest BCUT2D eigenvalue weighted by molar-refractivity contribution is 0.971. The second-order valence-corrected chi connectivity index (χ2v) is 4.54. The van der Waals surface area contributed by atoms with Crippen LogP contribution in [0, 0.1) is 18.3 Å². The molecule has 18 heavy (non-hydrogen) atoms. The van der Waals surface area contributed by atoms with E-state index in [0.717, 1.165) is 5.69 Å². The van der Waals surface area contributed by atoms with Gasteiger partial charge in [-0.3, -0.25) is 0 Å². The van der Waals surface area contributed by atoms with Crippen molar-refractivity contribution >= 4 is 23.4 Å². The number of aryl methyl sites for hydroxylation is 1. The Morgan fingerprint density at radius 3 is 2.39 bits per heavy atom. The number of nitrogen functional groups attached to an aromatic ring is 2. The number of pyridine rings is 1. The molecule has 0 unspecified atom stereocenters. The third-order valence-corrected chi connectivity index (χ3v) is 2.78. The molecule has 0 amide bonds. The monoisotopic (exact) mass is 258 g/mol. The Balaban J connectivity index is 2.34. The van der Waals surface area contributed by atoms with Crippen LogP contribution in [0.5, 0.6) is 0 Å². The molecule has 6 nitrogen and oxygen atoms in total. The van der Waals surface area contributed by atoms with E-state index in [1.54, 1.807) is 12.1 Å². The summed E-state index contributed by atoms with van der Waals surface area (Å²) in [4.78, 5) is 12.4. The minimum absolute atomic E-state index is 0.304. The average Bonchev–Trinajstić information content (AvgIpc) is 2.26. The van der Waals surface area contributed by atoms with Crippen LogP contribution >= 0.6 is 11.8 Å². The fourth-order valence-electron chi connectivity index (χ4n) is 1.36. The first-order valence-corrected chi connectivity index (χ1v) is 5.85. The van der Waals surface area contributed by atoms with Gasteiger partial charge in [-0.25, -0.2) is 15.0 Å². The van der Waals surface area contributed by atoms with E-state index in [9.17, 15) is 0 Å². The summed E-state index contributed by atoms with van der Waals surface area (Å²) in [5.74, 6) is 0.608. The molecule has 0 atom stereocenters. The summed E-state index contributed by atoms with van der Waals surface area (Å²) in [7, 11) is 0. The molecule has 2 rings (SSSR count). The van der Waals surface area contributed by atoms with Gasteiger partial charge < -0.3 is 11.5 Å². The zero-order chi connectivity index (χ0) is 13.1. The lowest BCUT2D eigenvalue weighted by atomic mass is 10.2. The molecule has 2 aromatic heterocycles. The third kappa shape index (κ3) is 2.87. The highest BCUT2D eigenvalue weighted by Crippen LogP contribution is 2.25. The van der Waals surface area contributed by atoms with Crippen molar-refractivity contribution in [3.63, 3.8) is 0 Å². The SMILES string of the molecule is Cc1cc(C#N)cc(Sc2nc(N)cc(N)n2)n1. The molecule has 2 heterocycles. The maximum absolute atomic E-state index is 8.88. The maximum atomic E-state index is 8.88. The number of aromatic nitrogens is 3. The zero-order valence-corrected chi connectivity index (χ0v) is 10.4. The van der Waals surface area contributed by atoms with Crippen molar-refractivity contribution < 1.29 is 0 Å².